The van der Waals surface area contributed by atoms with E-state index >= 15 is 0 Å². The molecule has 4 rings (SSSR count). The first-order valence-corrected chi connectivity index (χ1v) is 10.9. The standard InChI is InChI=1S/C23H22N2O6S/c26-18(20(27)21-25-11-19(32-21)22(28)29)9-10-24-23(30)31-12-17-15-7-3-1-5-13(15)14-6-2-4-8-16(14)17/h1-8,11,17-18,20,26-27H,9-10,12H2,(H,24,30)(H,28,29). The van der Waals surface area contributed by atoms with Crippen LogP contribution < -0.4 is 5.32 Å². The average Bonchev–Trinajstić information content (AvgIpc) is 3.41. The van der Waals surface area contributed by atoms with E-state index in [-0.39, 0.29) is 35.4 Å². The maximum atomic E-state index is 12.2. The van der Waals surface area contributed by atoms with Gasteiger partial charge in [0.05, 0.1) is 12.3 Å². The van der Waals surface area contributed by atoms with E-state index in [2.05, 4.69) is 22.4 Å². The Bertz CT molecular complexity index is 1090. The summed E-state index contributed by atoms with van der Waals surface area (Å²) in [5.41, 5.74) is 4.51. The van der Waals surface area contributed by atoms with Crippen molar-refractivity contribution >= 4 is 23.4 Å². The number of alkyl carbamates (subject to hydrolysis) is 1. The average molecular weight is 455 g/mol. The highest BCUT2D eigenvalue weighted by molar-refractivity contribution is 7.13. The number of rotatable bonds is 8. The van der Waals surface area contributed by atoms with Gasteiger partial charge in [0.2, 0.25) is 0 Å². The van der Waals surface area contributed by atoms with Crippen LogP contribution in [0.5, 0.6) is 0 Å². The Balaban J connectivity index is 1.27. The predicted octanol–water partition coefficient (Wildman–Crippen LogP) is 3.16. The van der Waals surface area contributed by atoms with Crippen molar-refractivity contribution in [1.82, 2.24) is 10.3 Å². The number of nitrogens with one attached hydrogen (secondary N) is 1. The third-order valence-corrected chi connectivity index (χ3v) is 6.46. The van der Waals surface area contributed by atoms with Gasteiger partial charge in [0.25, 0.3) is 0 Å². The van der Waals surface area contributed by atoms with Crippen LogP contribution in [0.25, 0.3) is 11.1 Å². The van der Waals surface area contributed by atoms with Gasteiger partial charge in [-0.05, 0) is 28.7 Å². The van der Waals surface area contributed by atoms with Gasteiger partial charge in [0, 0.05) is 12.5 Å². The Labute approximate surface area is 188 Å². The van der Waals surface area contributed by atoms with Crippen LogP contribution in [0.4, 0.5) is 4.79 Å². The van der Waals surface area contributed by atoms with Crippen LogP contribution >= 0.6 is 11.3 Å². The maximum absolute atomic E-state index is 12.2. The molecule has 0 saturated carbocycles. The van der Waals surface area contributed by atoms with Crippen molar-refractivity contribution in [2.24, 2.45) is 0 Å². The number of thiazole rings is 1. The van der Waals surface area contributed by atoms with E-state index in [1.54, 1.807) is 0 Å². The van der Waals surface area contributed by atoms with Gasteiger partial charge in [-0.2, -0.15) is 0 Å². The van der Waals surface area contributed by atoms with Crippen molar-refractivity contribution in [1.29, 1.82) is 0 Å². The summed E-state index contributed by atoms with van der Waals surface area (Å²) in [5.74, 6) is -1.19. The molecular weight excluding hydrogens is 432 g/mol. The number of carbonyl (C=O) groups is 2. The maximum Gasteiger partial charge on any atom is 0.407 e. The lowest BCUT2D eigenvalue weighted by molar-refractivity contribution is 0.0135. The Morgan fingerprint density at radius 2 is 1.69 bits per heavy atom. The van der Waals surface area contributed by atoms with Crippen LogP contribution in [-0.2, 0) is 4.74 Å². The third-order valence-electron chi connectivity index (χ3n) is 5.40. The fraction of sp³-hybridized carbons (Fsp3) is 0.261. The molecular formula is C23H22N2O6S. The molecule has 1 aliphatic carbocycles. The first-order valence-electron chi connectivity index (χ1n) is 10.1. The molecule has 0 bridgehead atoms. The van der Waals surface area contributed by atoms with Crippen LogP contribution in [0.15, 0.2) is 54.7 Å². The number of amides is 1. The van der Waals surface area contributed by atoms with E-state index in [9.17, 15) is 19.8 Å². The number of carbonyl (C=O) groups excluding carboxylic acids is 1. The van der Waals surface area contributed by atoms with E-state index < -0.39 is 24.3 Å². The van der Waals surface area contributed by atoms with Gasteiger partial charge >= 0.3 is 12.1 Å². The minimum absolute atomic E-state index is 0.0250. The van der Waals surface area contributed by atoms with E-state index in [1.807, 2.05) is 36.4 Å². The Kier molecular flexibility index (Phi) is 6.50. The molecule has 32 heavy (non-hydrogen) atoms. The molecule has 2 aromatic carbocycles. The number of aromatic carboxylic acids is 1. The van der Waals surface area contributed by atoms with Gasteiger partial charge < -0.3 is 25.4 Å². The topological polar surface area (TPSA) is 129 Å². The summed E-state index contributed by atoms with van der Waals surface area (Å²) in [5, 5.41) is 31.9. The number of aromatic nitrogens is 1. The number of carboxylic acid groups (broad SMARTS) is 1. The number of nitrogens with zero attached hydrogens (tertiary/aromatic N) is 1. The molecule has 0 spiro atoms. The van der Waals surface area contributed by atoms with Crippen LogP contribution in [0.3, 0.4) is 0 Å². The minimum Gasteiger partial charge on any atom is -0.477 e. The van der Waals surface area contributed by atoms with Crippen molar-refractivity contribution in [3.05, 3.63) is 75.7 Å². The molecule has 0 saturated heterocycles. The van der Waals surface area contributed by atoms with Crippen molar-refractivity contribution < 1.29 is 29.6 Å². The van der Waals surface area contributed by atoms with E-state index in [0.717, 1.165) is 39.8 Å². The highest BCUT2D eigenvalue weighted by Crippen LogP contribution is 2.44. The largest absolute Gasteiger partial charge is 0.477 e. The van der Waals surface area contributed by atoms with Crippen molar-refractivity contribution in [3.63, 3.8) is 0 Å². The van der Waals surface area contributed by atoms with E-state index in [4.69, 9.17) is 9.84 Å². The number of ether oxygens (including phenoxy) is 1. The number of carboxylic acids is 1. The molecule has 1 aliphatic rings. The number of benzene rings is 2. The Morgan fingerprint density at radius 1 is 1.06 bits per heavy atom. The number of hydrogen-bond donors (Lipinski definition) is 4. The molecule has 0 fully saturated rings. The molecule has 2 atom stereocenters. The fourth-order valence-corrected chi connectivity index (χ4v) is 4.62. The smallest absolute Gasteiger partial charge is 0.407 e. The van der Waals surface area contributed by atoms with Gasteiger partial charge in [0.15, 0.2) is 0 Å². The van der Waals surface area contributed by atoms with Crippen molar-refractivity contribution in [2.45, 2.75) is 24.5 Å². The Hall–Kier alpha value is -3.27. The second-order valence-electron chi connectivity index (χ2n) is 7.42. The van der Waals surface area contributed by atoms with Crippen molar-refractivity contribution in [3.8, 4) is 11.1 Å². The molecule has 166 valence electrons. The SMILES string of the molecule is O=C(NCCC(O)C(O)c1ncc(C(=O)O)s1)OCC1c2ccccc2-c2ccccc21. The first-order chi connectivity index (χ1) is 15.5. The molecule has 0 aliphatic heterocycles. The zero-order chi connectivity index (χ0) is 22.7. The van der Waals surface area contributed by atoms with Crippen LogP contribution in [-0.4, -0.2) is 51.6 Å². The predicted molar refractivity (Wildman–Crippen MR) is 118 cm³/mol. The Morgan fingerprint density at radius 3 is 2.28 bits per heavy atom. The summed E-state index contributed by atoms with van der Waals surface area (Å²) < 4.78 is 5.43. The number of fused-ring (bicyclic) bond motifs is 3. The number of hydrogen-bond acceptors (Lipinski definition) is 7. The molecule has 1 amide bonds. The lowest BCUT2D eigenvalue weighted by atomic mass is 9.98. The van der Waals surface area contributed by atoms with Crippen LogP contribution in [0.2, 0.25) is 0 Å². The molecule has 1 heterocycles. The molecule has 9 heteroatoms. The third kappa shape index (κ3) is 4.50. The summed E-state index contributed by atoms with van der Waals surface area (Å²) in [6.45, 7) is 0.258. The van der Waals surface area contributed by atoms with Gasteiger partial charge in [-0.25, -0.2) is 14.6 Å². The zero-order valence-electron chi connectivity index (χ0n) is 17.0. The van der Waals surface area contributed by atoms with Gasteiger partial charge in [-0.1, -0.05) is 48.5 Å². The lowest BCUT2D eigenvalue weighted by Crippen LogP contribution is -2.30. The van der Waals surface area contributed by atoms with Crippen LogP contribution in [0, 0.1) is 0 Å². The van der Waals surface area contributed by atoms with E-state index in [1.165, 1.54) is 0 Å². The normalized spacial score (nSPS) is 14.3. The van der Waals surface area contributed by atoms with Gasteiger partial charge in [-0.15, -0.1) is 11.3 Å². The molecule has 1 aromatic heterocycles. The molecule has 0 radical (unpaired) electrons. The quantitative estimate of drug-likeness (QED) is 0.411. The second-order valence-corrected chi connectivity index (χ2v) is 8.48. The first kappa shape index (κ1) is 21.9. The summed E-state index contributed by atoms with van der Waals surface area (Å²) >= 11 is 0.796. The van der Waals surface area contributed by atoms with E-state index in [0.29, 0.717) is 0 Å². The summed E-state index contributed by atoms with van der Waals surface area (Å²) in [4.78, 5) is 26.9. The monoisotopic (exact) mass is 454 g/mol. The second kappa shape index (κ2) is 9.47. The molecule has 4 N–H and O–H groups in total. The molecule has 8 nitrogen and oxygen atoms in total. The minimum atomic E-state index is -1.34. The van der Waals surface area contributed by atoms with Gasteiger partial charge in [-0.3, -0.25) is 0 Å². The molecule has 2 unspecified atom stereocenters. The highest BCUT2D eigenvalue weighted by Gasteiger charge is 2.29. The summed E-state index contributed by atoms with van der Waals surface area (Å²) in [6.07, 6.45) is -1.98. The van der Waals surface area contributed by atoms with Crippen molar-refractivity contribution in [2.75, 3.05) is 13.2 Å². The summed E-state index contributed by atoms with van der Waals surface area (Å²) in [6, 6.07) is 16.1. The van der Waals surface area contributed by atoms with Gasteiger partial charge in [0.1, 0.15) is 22.6 Å². The fourth-order valence-electron chi connectivity index (χ4n) is 3.82. The lowest BCUT2D eigenvalue weighted by Gasteiger charge is -2.17. The zero-order valence-corrected chi connectivity index (χ0v) is 17.8. The van der Waals surface area contributed by atoms with Crippen LogP contribution in [0.1, 0.15) is 44.2 Å². The highest BCUT2D eigenvalue weighted by atomic mass is 32.1. The number of aliphatic hydroxyl groups is 2. The summed E-state index contributed by atoms with van der Waals surface area (Å²) in [7, 11) is 0. The molecule has 3 aromatic rings. The number of aliphatic hydroxyl groups excluding tert-OH is 2.